The fourth-order valence-corrected chi connectivity index (χ4v) is 2.35. The van der Waals surface area contributed by atoms with Crippen molar-refractivity contribution in [3.05, 3.63) is 29.3 Å². The van der Waals surface area contributed by atoms with E-state index in [1.54, 1.807) is 0 Å². The molecule has 0 spiro atoms. The van der Waals surface area contributed by atoms with Crippen LogP contribution in [0.5, 0.6) is 0 Å². The Kier molecular flexibility index (Phi) is 4.43. The van der Waals surface area contributed by atoms with E-state index in [-0.39, 0.29) is 12.1 Å². The summed E-state index contributed by atoms with van der Waals surface area (Å²) >= 11 is 0. The largest absolute Gasteiger partial charge is 0.394 e. The predicted molar refractivity (Wildman–Crippen MR) is 72.7 cm³/mol. The van der Waals surface area contributed by atoms with Crippen LogP contribution < -0.4 is 5.73 Å². The Labute approximate surface area is 121 Å². The molecule has 5 nitrogen and oxygen atoms in total. The summed E-state index contributed by atoms with van der Waals surface area (Å²) in [5.41, 5.74) is 3.38. The van der Waals surface area contributed by atoms with Crippen LogP contribution in [-0.4, -0.2) is 48.3 Å². The fourth-order valence-electron chi connectivity index (χ4n) is 2.35. The second kappa shape index (κ2) is 5.95. The van der Waals surface area contributed by atoms with Gasteiger partial charge >= 0.3 is 0 Å². The zero-order chi connectivity index (χ0) is 15.6. The van der Waals surface area contributed by atoms with E-state index in [0.29, 0.717) is 26.1 Å². The van der Waals surface area contributed by atoms with Gasteiger partial charge in [0.2, 0.25) is 0 Å². The summed E-state index contributed by atoms with van der Waals surface area (Å²) < 4.78 is 32.0. The Morgan fingerprint density at radius 3 is 2.43 bits per heavy atom. The normalized spacial score (nSPS) is 17.5. The summed E-state index contributed by atoms with van der Waals surface area (Å²) in [6.45, 7) is 0.913. The van der Waals surface area contributed by atoms with Crippen molar-refractivity contribution >= 4 is 11.6 Å². The zero-order valence-corrected chi connectivity index (χ0v) is 11.7. The Morgan fingerprint density at radius 1 is 1.38 bits per heavy atom. The molecule has 1 aliphatic rings. The molecule has 1 aromatic carbocycles. The molecule has 21 heavy (non-hydrogen) atoms. The zero-order valence-electron chi connectivity index (χ0n) is 11.7. The van der Waals surface area contributed by atoms with Gasteiger partial charge in [0.05, 0.1) is 5.60 Å². The number of ether oxygens (including phenoxy) is 1. The number of likely N-dealkylation sites (N-methyl/N-ethyl adjacent to an activating group) is 1. The Hall–Kier alpha value is -1.73. The second-order valence-corrected chi connectivity index (χ2v) is 5.35. The third-order valence-electron chi connectivity index (χ3n) is 3.63. The molecule has 1 heterocycles. The van der Waals surface area contributed by atoms with Gasteiger partial charge in [-0.1, -0.05) is 0 Å². The number of hydrogen-bond donors (Lipinski definition) is 2. The highest BCUT2D eigenvalue weighted by molar-refractivity contribution is 5.94. The molecule has 1 fully saturated rings. The van der Waals surface area contributed by atoms with Gasteiger partial charge in [-0.05, 0) is 12.1 Å². The maximum atomic E-state index is 13.4. The Balaban J connectivity index is 2.12. The quantitative estimate of drug-likeness (QED) is 0.821. The van der Waals surface area contributed by atoms with E-state index < -0.39 is 28.8 Å². The smallest absolute Gasteiger partial charge is 0.253 e. The molecular weight excluding hydrogens is 282 g/mol. The topological polar surface area (TPSA) is 75.8 Å². The number of nitrogen functional groups attached to an aromatic ring is 1. The maximum Gasteiger partial charge on any atom is 0.253 e. The van der Waals surface area contributed by atoms with E-state index in [1.807, 2.05) is 0 Å². The van der Waals surface area contributed by atoms with Crippen LogP contribution in [0, 0.1) is 11.6 Å². The van der Waals surface area contributed by atoms with Crippen LogP contribution >= 0.6 is 0 Å². The number of carbonyl (C=O) groups is 1. The summed E-state index contributed by atoms with van der Waals surface area (Å²) in [5, 5.41) is 10.3. The molecule has 2 rings (SSSR count). The van der Waals surface area contributed by atoms with Gasteiger partial charge in [0.25, 0.3) is 5.91 Å². The van der Waals surface area contributed by atoms with Crippen molar-refractivity contribution in [2.45, 2.75) is 18.4 Å². The first-order valence-electron chi connectivity index (χ1n) is 6.62. The number of carbonyl (C=O) groups excluding carboxylic acids is 1. The average molecular weight is 300 g/mol. The Morgan fingerprint density at radius 2 is 1.90 bits per heavy atom. The highest BCUT2D eigenvalue weighted by Gasteiger charge is 2.32. The lowest BCUT2D eigenvalue weighted by molar-refractivity contribution is -0.0734. The molecule has 1 aromatic rings. The summed E-state index contributed by atoms with van der Waals surface area (Å²) in [5.74, 6) is -2.53. The number of halogens is 2. The first-order chi connectivity index (χ1) is 9.82. The molecule has 0 atom stereocenters. The minimum absolute atomic E-state index is 0.0722. The lowest BCUT2D eigenvalue weighted by atomic mass is 9.93. The molecular formula is C14H18F2N2O3. The molecule has 1 amide bonds. The van der Waals surface area contributed by atoms with Crippen LogP contribution in [0.4, 0.5) is 14.5 Å². The summed E-state index contributed by atoms with van der Waals surface area (Å²) in [6.07, 6.45) is 0.824. The van der Waals surface area contributed by atoms with E-state index in [4.69, 9.17) is 10.5 Å². The highest BCUT2D eigenvalue weighted by Crippen LogP contribution is 2.23. The van der Waals surface area contributed by atoms with Crippen LogP contribution in [0.25, 0.3) is 0 Å². The van der Waals surface area contributed by atoms with Crippen molar-refractivity contribution in [1.82, 2.24) is 4.90 Å². The first kappa shape index (κ1) is 15.7. The van der Waals surface area contributed by atoms with Gasteiger partial charge in [-0.2, -0.15) is 0 Å². The lowest BCUT2D eigenvalue weighted by Crippen LogP contribution is -2.47. The third kappa shape index (κ3) is 3.48. The highest BCUT2D eigenvalue weighted by atomic mass is 19.1. The molecule has 0 aromatic heterocycles. The fraction of sp³-hybridized carbons (Fsp3) is 0.500. The van der Waals surface area contributed by atoms with Crippen LogP contribution in [0.3, 0.4) is 0 Å². The average Bonchev–Trinajstić information content (AvgIpc) is 2.43. The molecule has 0 aliphatic carbocycles. The Bertz CT molecular complexity index is 522. The minimum Gasteiger partial charge on any atom is -0.394 e. The van der Waals surface area contributed by atoms with Crippen LogP contribution in [0.2, 0.25) is 0 Å². The predicted octanol–water partition coefficient (Wildman–Crippen LogP) is 1.16. The molecule has 0 unspecified atom stereocenters. The van der Waals surface area contributed by atoms with E-state index in [2.05, 4.69) is 0 Å². The molecule has 0 saturated carbocycles. The number of nitrogens with two attached hydrogens (primary N) is 1. The summed E-state index contributed by atoms with van der Waals surface area (Å²) in [4.78, 5) is 13.4. The van der Waals surface area contributed by atoms with Gasteiger partial charge in [-0.3, -0.25) is 4.79 Å². The standard InChI is InChI=1S/C14H18F2N2O3/c1-18(8-14(20)2-4-21-5-3-14)13(19)9-6-10(15)12(17)11(16)7-9/h6-7,20H,2-5,8,17H2,1H3. The van der Waals surface area contributed by atoms with Crippen LogP contribution in [-0.2, 0) is 4.74 Å². The van der Waals surface area contributed by atoms with Crippen molar-refractivity contribution in [2.75, 3.05) is 32.5 Å². The van der Waals surface area contributed by atoms with Gasteiger partial charge in [-0.25, -0.2) is 8.78 Å². The number of benzene rings is 1. The van der Waals surface area contributed by atoms with E-state index >= 15 is 0 Å². The molecule has 0 bridgehead atoms. The molecule has 116 valence electrons. The maximum absolute atomic E-state index is 13.4. The van der Waals surface area contributed by atoms with Crippen molar-refractivity contribution in [3.63, 3.8) is 0 Å². The number of nitrogens with zero attached hydrogens (tertiary/aromatic N) is 1. The van der Waals surface area contributed by atoms with Gasteiger partial charge in [0, 0.05) is 45.2 Å². The second-order valence-electron chi connectivity index (χ2n) is 5.35. The SMILES string of the molecule is CN(CC1(O)CCOCC1)C(=O)c1cc(F)c(N)c(F)c1. The van der Waals surface area contributed by atoms with Gasteiger partial charge in [0.1, 0.15) is 17.3 Å². The summed E-state index contributed by atoms with van der Waals surface area (Å²) in [7, 11) is 1.47. The number of amides is 1. The van der Waals surface area contributed by atoms with Crippen molar-refractivity contribution in [3.8, 4) is 0 Å². The monoisotopic (exact) mass is 300 g/mol. The molecule has 0 radical (unpaired) electrons. The molecule has 3 N–H and O–H groups in total. The molecule has 1 saturated heterocycles. The van der Waals surface area contributed by atoms with Crippen molar-refractivity contribution in [1.29, 1.82) is 0 Å². The van der Waals surface area contributed by atoms with Crippen LogP contribution in [0.15, 0.2) is 12.1 Å². The van der Waals surface area contributed by atoms with E-state index in [1.165, 1.54) is 11.9 Å². The van der Waals surface area contributed by atoms with Gasteiger partial charge < -0.3 is 20.5 Å². The van der Waals surface area contributed by atoms with Gasteiger partial charge in [-0.15, -0.1) is 0 Å². The number of anilines is 1. The number of aliphatic hydroxyl groups is 1. The lowest BCUT2D eigenvalue weighted by Gasteiger charge is -2.35. The molecule has 7 heteroatoms. The molecule has 1 aliphatic heterocycles. The first-order valence-corrected chi connectivity index (χ1v) is 6.62. The van der Waals surface area contributed by atoms with Gasteiger partial charge in [0.15, 0.2) is 0 Å². The van der Waals surface area contributed by atoms with Crippen molar-refractivity contribution < 1.29 is 23.4 Å². The number of rotatable bonds is 3. The van der Waals surface area contributed by atoms with E-state index in [9.17, 15) is 18.7 Å². The van der Waals surface area contributed by atoms with Crippen molar-refractivity contribution in [2.24, 2.45) is 0 Å². The summed E-state index contributed by atoms with van der Waals surface area (Å²) in [6, 6.07) is 1.79. The van der Waals surface area contributed by atoms with Crippen LogP contribution in [0.1, 0.15) is 23.2 Å². The minimum atomic E-state index is -1.03. The third-order valence-corrected chi connectivity index (χ3v) is 3.63. The van der Waals surface area contributed by atoms with E-state index in [0.717, 1.165) is 12.1 Å². The number of hydrogen-bond acceptors (Lipinski definition) is 4.